The van der Waals surface area contributed by atoms with Crippen molar-refractivity contribution in [2.24, 2.45) is 0 Å². The molecule has 0 aliphatic carbocycles. The van der Waals surface area contributed by atoms with Gasteiger partial charge in [0.1, 0.15) is 0 Å². The Kier molecular flexibility index (Phi) is 4.94. The molecule has 3 heteroatoms. The van der Waals surface area contributed by atoms with Crippen LogP contribution in [0.5, 0.6) is 5.75 Å². The van der Waals surface area contributed by atoms with Crippen molar-refractivity contribution in [2.75, 3.05) is 0 Å². The minimum atomic E-state index is -0.312. The van der Waals surface area contributed by atoms with Gasteiger partial charge in [-0.25, -0.2) is 4.39 Å². The van der Waals surface area contributed by atoms with Crippen LogP contribution in [-0.4, -0.2) is 5.01 Å². The lowest BCUT2D eigenvalue weighted by Crippen LogP contribution is -2.08. The highest BCUT2D eigenvalue weighted by molar-refractivity contribution is 9.09. The lowest BCUT2D eigenvalue weighted by molar-refractivity contribution is 0.266. The fourth-order valence-corrected chi connectivity index (χ4v) is 1.63. The third kappa shape index (κ3) is 3.66. The summed E-state index contributed by atoms with van der Waals surface area (Å²) < 4.78 is 18.5. The zero-order valence-electron chi connectivity index (χ0n) is 8.17. The van der Waals surface area contributed by atoms with Crippen molar-refractivity contribution in [3.8, 4) is 5.75 Å². The molecule has 1 aromatic carbocycles. The molecule has 0 aromatic heterocycles. The van der Waals surface area contributed by atoms with E-state index in [0.29, 0.717) is 5.75 Å². The van der Waals surface area contributed by atoms with E-state index in [0.717, 1.165) is 19.3 Å². The van der Waals surface area contributed by atoms with Crippen LogP contribution in [0.15, 0.2) is 24.3 Å². The van der Waals surface area contributed by atoms with Crippen LogP contribution in [0.25, 0.3) is 0 Å². The van der Waals surface area contributed by atoms with Gasteiger partial charge in [-0.3, -0.25) is 0 Å². The zero-order chi connectivity index (χ0) is 10.4. The molecule has 0 aliphatic rings. The van der Waals surface area contributed by atoms with Crippen LogP contribution in [-0.2, 0) is 0 Å². The average molecular weight is 261 g/mol. The first kappa shape index (κ1) is 11.5. The highest BCUT2D eigenvalue weighted by Gasteiger charge is 2.08. The Labute approximate surface area is 92.4 Å². The second-order valence-electron chi connectivity index (χ2n) is 3.10. The number of unbranched alkanes of at least 4 members (excludes halogenated alkanes) is 1. The summed E-state index contributed by atoms with van der Waals surface area (Å²) in [6.45, 7) is 2.11. The number of hydrogen-bond acceptors (Lipinski definition) is 1. The Morgan fingerprint density at radius 2 is 2.14 bits per heavy atom. The van der Waals surface area contributed by atoms with Gasteiger partial charge in [0, 0.05) is 0 Å². The molecule has 78 valence electrons. The van der Waals surface area contributed by atoms with E-state index in [9.17, 15) is 4.39 Å². The Hall–Kier alpha value is -0.570. The second-order valence-corrected chi connectivity index (χ2v) is 4.12. The van der Waals surface area contributed by atoms with Crippen LogP contribution in [0, 0.1) is 5.82 Å². The zero-order valence-corrected chi connectivity index (χ0v) is 9.76. The molecule has 1 unspecified atom stereocenters. The minimum Gasteiger partial charge on any atom is -0.476 e. The monoisotopic (exact) mass is 260 g/mol. The number of rotatable bonds is 5. The maximum atomic E-state index is 13.1. The lowest BCUT2D eigenvalue weighted by Gasteiger charge is -2.12. The number of benzene rings is 1. The molecule has 1 rings (SSSR count). The summed E-state index contributed by atoms with van der Waals surface area (Å²) in [6.07, 6.45) is 3.08. The Balaban J connectivity index is 2.47. The van der Waals surface area contributed by atoms with E-state index in [-0.39, 0.29) is 10.8 Å². The molecule has 0 bridgehead atoms. The Bertz CT molecular complexity index is 278. The molecule has 0 spiro atoms. The van der Waals surface area contributed by atoms with Crippen LogP contribution < -0.4 is 4.74 Å². The standard InChI is InChI=1S/C11H14BrFO/c1-2-3-8-11(12)14-10-7-5-4-6-9(10)13/h4-7,11H,2-3,8H2,1H3. The van der Waals surface area contributed by atoms with Crippen LogP contribution in [0.1, 0.15) is 26.2 Å². The quantitative estimate of drug-likeness (QED) is 0.724. The van der Waals surface area contributed by atoms with Crippen molar-refractivity contribution in [3.05, 3.63) is 30.1 Å². The summed E-state index contributed by atoms with van der Waals surface area (Å²) in [5.74, 6) is -0.000994. The van der Waals surface area contributed by atoms with Crippen molar-refractivity contribution in [1.29, 1.82) is 0 Å². The van der Waals surface area contributed by atoms with E-state index in [2.05, 4.69) is 22.9 Å². The molecular weight excluding hydrogens is 247 g/mol. The summed E-state index contributed by atoms with van der Waals surface area (Å²) in [5.41, 5.74) is 0. The number of para-hydroxylation sites is 1. The molecular formula is C11H14BrFO. The predicted molar refractivity (Wildman–Crippen MR) is 59.3 cm³/mol. The van der Waals surface area contributed by atoms with E-state index >= 15 is 0 Å². The Morgan fingerprint density at radius 3 is 2.79 bits per heavy atom. The van der Waals surface area contributed by atoms with Gasteiger partial charge in [-0.2, -0.15) is 0 Å². The van der Waals surface area contributed by atoms with Crippen molar-refractivity contribution in [1.82, 2.24) is 0 Å². The predicted octanol–water partition coefficient (Wildman–Crippen LogP) is 4.12. The maximum Gasteiger partial charge on any atom is 0.165 e. The highest BCUT2D eigenvalue weighted by Crippen LogP contribution is 2.21. The molecule has 1 nitrogen and oxygen atoms in total. The smallest absolute Gasteiger partial charge is 0.165 e. The summed E-state index contributed by atoms with van der Waals surface area (Å²) in [4.78, 5) is 0. The minimum absolute atomic E-state index is 0.0978. The summed E-state index contributed by atoms with van der Waals surface area (Å²) in [5, 5.41) is -0.0978. The summed E-state index contributed by atoms with van der Waals surface area (Å²) in [7, 11) is 0. The number of alkyl halides is 1. The molecule has 1 atom stereocenters. The number of hydrogen-bond donors (Lipinski definition) is 0. The van der Waals surface area contributed by atoms with Crippen LogP contribution >= 0.6 is 15.9 Å². The molecule has 0 N–H and O–H groups in total. The highest BCUT2D eigenvalue weighted by atomic mass is 79.9. The second kappa shape index (κ2) is 6.02. The van der Waals surface area contributed by atoms with Gasteiger partial charge < -0.3 is 4.74 Å². The van der Waals surface area contributed by atoms with E-state index in [1.165, 1.54) is 6.07 Å². The van der Waals surface area contributed by atoms with Crippen LogP contribution in [0.4, 0.5) is 4.39 Å². The third-order valence-electron chi connectivity index (χ3n) is 1.88. The fourth-order valence-electron chi connectivity index (χ4n) is 1.10. The molecule has 0 heterocycles. The Morgan fingerprint density at radius 1 is 1.43 bits per heavy atom. The van der Waals surface area contributed by atoms with Gasteiger partial charge in [0.25, 0.3) is 0 Å². The van der Waals surface area contributed by atoms with E-state index in [4.69, 9.17) is 4.74 Å². The molecule has 1 aromatic rings. The number of ether oxygens (including phenoxy) is 1. The fraction of sp³-hybridized carbons (Fsp3) is 0.455. The lowest BCUT2D eigenvalue weighted by atomic mass is 10.3. The molecule has 14 heavy (non-hydrogen) atoms. The normalized spacial score (nSPS) is 12.5. The summed E-state index contributed by atoms with van der Waals surface area (Å²) >= 11 is 3.36. The topological polar surface area (TPSA) is 9.23 Å². The molecule has 0 aliphatic heterocycles. The van der Waals surface area contributed by atoms with Gasteiger partial charge in [-0.1, -0.05) is 25.5 Å². The van der Waals surface area contributed by atoms with Crippen molar-refractivity contribution < 1.29 is 9.13 Å². The van der Waals surface area contributed by atoms with Gasteiger partial charge in [-0.15, -0.1) is 0 Å². The molecule has 0 saturated carbocycles. The molecule has 0 saturated heterocycles. The maximum absolute atomic E-state index is 13.1. The first-order valence-electron chi connectivity index (χ1n) is 4.79. The van der Waals surface area contributed by atoms with Crippen molar-refractivity contribution >= 4 is 15.9 Å². The first-order valence-corrected chi connectivity index (χ1v) is 5.71. The molecule has 0 radical (unpaired) electrons. The number of halogens is 2. The average Bonchev–Trinajstić information content (AvgIpc) is 2.18. The SMILES string of the molecule is CCCCC(Br)Oc1ccccc1F. The van der Waals surface area contributed by atoms with E-state index < -0.39 is 0 Å². The van der Waals surface area contributed by atoms with Crippen molar-refractivity contribution in [2.45, 2.75) is 31.2 Å². The molecule has 0 fully saturated rings. The van der Waals surface area contributed by atoms with E-state index in [1.807, 2.05) is 0 Å². The summed E-state index contributed by atoms with van der Waals surface area (Å²) in [6, 6.07) is 6.44. The third-order valence-corrected chi connectivity index (χ3v) is 2.52. The van der Waals surface area contributed by atoms with Gasteiger partial charge >= 0.3 is 0 Å². The van der Waals surface area contributed by atoms with Crippen molar-refractivity contribution in [3.63, 3.8) is 0 Å². The first-order chi connectivity index (χ1) is 6.74. The van der Waals surface area contributed by atoms with Gasteiger partial charge in [0.05, 0.1) is 0 Å². The van der Waals surface area contributed by atoms with Crippen LogP contribution in [0.3, 0.4) is 0 Å². The van der Waals surface area contributed by atoms with Gasteiger partial charge in [0.2, 0.25) is 0 Å². The van der Waals surface area contributed by atoms with Gasteiger partial charge in [0.15, 0.2) is 16.6 Å². The largest absolute Gasteiger partial charge is 0.476 e. The van der Waals surface area contributed by atoms with E-state index in [1.54, 1.807) is 18.2 Å². The van der Waals surface area contributed by atoms with Gasteiger partial charge in [-0.05, 0) is 40.9 Å². The molecule has 0 amide bonds. The van der Waals surface area contributed by atoms with Crippen LogP contribution in [0.2, 0.25) is 0 Å².